The van der Waals surface area contributed by atoms with Crippen molar-refractivity contribution in [3.8, 4) is 0 Å². The Kier molecular flexibility index (Phi) is 5.81. The van der Waals surface area contributed by atoms with E-state index in [4.69, 9.17) is 9.84 Å². The highest BCUT2D eigenvalue weighted by Crippen LogP contribution is 2.27. The summed E-state index contributed by atoms with van der Waals surface area (Å²) in [5, 5.41) is 13.7. The fourth-order valence-corrected chi connectivity index (χ4v) is 4.80. The topological polar surface area (TPSA) is 79.1 Å². The number of piperidine rings is 1. The van der Waals surface area contributed by atoms with Crippen molar-refractivity contribution in [1.29, 1.82) is 0 Å². The highest BCUT2D eigenvalue weighted by molar-refractivity contribution is 5.76. The molecule has 3 saturated heterocycles. The van der Waals surface area contributed by atoms with E-state index in [0.717, 1.165) is 69.4 Å². The lowest BCUT2D eigenvalue weighted by atomic mass is 9.96. The number of likely N-dealkylation sites (tertiary alicyclic amines) is 1. The third kappa shape index (κ3) is 4.13. The number of aromatic nitrogens is 4. The van der Waals surface area contributed by atoms with Crippen LogP contribution in [0.1, 0.15) is 43.8 Å². The second-order valence-electron chi connectivity index (χ2n) is 8.57. The molecule has 3 aliphatic heterocycles. The van der Waals surface area contributed by atoms with Gasteiger partial charge in [-0.1, -0.05) is 0 Å². The maximum absolute atomic E-state index is 12.1. The Morgan fingerprint density at radius 1 is 0.967 bits per heavy atom. The van der Waals surface area contributed by atoms with Crippen molar-refractivity contribution < 1.29 is 9.53 Å². The number of ether oxygens (including phenoxy) is 1. The zero-order valence-corrected chi connectivity index (χ0v) is 17.6. The van der Waals surface area contributed by atoms with Crippen molar-refractivity contribution in [3.63, 3.8) is 0 Å². The summed E-state index contributed by atoms with van der Waals surface area (Å²) in [4.78, 5) is 18.9. The number of hydrogen-bond acceptors (Lipinski definition) is 7. The highest BCUT2D eigenvalue weighted by atomic mass is 16.5. The smallest absolute Gasteiger partial charge is 0.225 e. The van der Waals surface area contributed by atoms with Crippen LogP contribution < -0.4 is 4.90 Å². The van der Waals surface area contributed by atoms with Gasteiger partial charge in [0.1, 0.15) is 5.82 Å². The molecule has 162 valence electrons. The number of rotatable bonds is 5. The Bertz CT molecular complexity index is 871. The molecule has 2 aromatic rings. The van der Waals surface area contributed by atoms with Gasteiger partial charge in [0.15, 0.2) is 11.5 Å². The van der Waals surface area contributed by atoms with E-state index in [1.165, 1.54) is 12.8 Å². The Balaban J connectivity index is 1.19. The van der Waals surface area contributed by atoms with E-state index in [1.54, 1.807) is 0 Å². The first-order valence-electron chi connectivity index (χ1n) is 11.3. The van der Waals surface area contributed by atoms with Gasteiger partial charge in [0, 0.05) is 38.6 Å². The molecule has 3 fully saturated rings. The Labute approximate surface area is 177 Å². The van der Waals surface area contributed by atoms with Crippen molar-refractivity contribution in [1.82, 2.24) is 29.6 Å². The molecule has 5 rings (SSSR count). The lowest BCUT2D eigenvalue weighted by Crippen LogP contribution is -2.42. The van der Waals surface area contributed by atoms with Crippen LogP contribution in [0.25, 0.3) is 5.65 Å². The number of nitrogens with zero attached hydrogens (tertiary/aromatic N) is 7. The lowest BCUT2D eigenvalue weighted by molar-refractivity contribution is -0.130. The number of hydrogen-bond donors (Lipinski definition) is 0. The van der Waals surface area contributed by atoms with Crippen LogP contribution in [0.2, 0.25) is 0 Å². The first-order valence-corrected chi connectivity index (χ1v) is 11.3. The maximum Gasteiger partial charge on any atom is 0.225 e. The van der Waals surface area contributed by atoms with E-state index < -0.39 is 0 Å². The van der Waals surface area contributed by atoms with Crippen LogP contribution in [-0.2, 0) is 9.53 Å². The Hall–Kier alpha value is -2.26. The van der Waals surface area contributed by atoms with Crippen LogP contribution in [0.4, 0.5) is 5.82 Å². The summed E-state index contributed by atoms with van der Waals surface area (Å²) < 4.78 is 7.38. The molecule has 1 amide bonds. The standard InChI is InChI=1S/C21H31N7O2/c29-20-7-15-30-16-14-27(20)13-12-25-10-5-17(6-11-25)21-23-22-18-3-4-19(24-28(18)21)26-8-1-2-9-26/h3-4,17H,1-2,5-16H2. The molecule has 0 saturated carbocycles. The molecule has 9 nitrogen and oxygen atoms in total. The number of carbonyl (C=O) groups excluding carboxylic acids is 1. The summed E-state index contributed by atoms with van der Waals surface area (Å²) in [7, 11) is 0. The van der Waals surface area contributed by atoms with Gasteiger partial charge in [0.2, 0.25) is 5.91 Å². The first kappa shape index (κ1) is 19.7. The van der Waals surface area contributed by atoms with E-state index in [0.29, 0.717) is 32.1 Å². The van der Waals surface area contributed by atoms with Gasteiger partial charge >= 0.3 is 0 Å². The number of anilines is 1. The van der Waals surface area contributed by atoms with Crippen LogP contribution in [0.3, 0.4) is 0 Å². The molecule has 0 spiro atoms. The molecule has 0 bridgehead atoms. The van der Waals surface area contributed by atoms with Gasteiger partial charge in [0.25, 0.3) is 0 Å². The molecule has 30 heavy (non-hydrogen) atoms. The van der Waals surface area contributed by atoms with Gasteiger partial charge in [-0.15, -0.1) is 15.3 Å². The highest BCUT2D eigenvalue weighted by Gasteiger charge is 2.26. The predicted octanol–water partition coefficient (Wildman–Crippen LogP) is 1.15. The first-order chi connectivity index (χ1) is 14.8. The quantitative estimate of drug-likeness (QED) is 0.728. The van der Waals surface area contributed by atoms with E-state index in [9.17, 15) is 4.79 Å². The maximum atomic E-state index is 12.1. The molecule has 0 atom stereocenters. The van der Waals surface area contributed by atoms with Crippen LogP contribution in [0, 0.1) is 0 Å². The summed E-state index contributed by atoms with van der Waals surface area (Å²) in [5.74, 6) is 2.62. The van der Waals surface area contributed by atoms with Crippen molar-refractivity contribution in [3.05, 3.63) is 18.0 Å². The third-order valence-corrected chi connectivity index (χ3v) is 6.66. The molecule has 2 aromatic heterocycles. The summed E-state index contributed by atoms with van der Waals surface area (Å²) in [6.07, 6.45) is 5.09. The number of fused-ring (bicyclic) bond motifs is 1. The van der Waals surface area contributed by atoms with Gasteiger partial charge in [-0.25, -0.2) is 0 Å². The van der Waals surface area contributed by atoms with Gasteiger partial charge in [-0.05, 0) is 50.9 Å². The monoisotopic (exact) mass is 413 g/mol. The summed E-state index contributed by atoms with van der Waals surface area (Å²) >= 11 is 0. The normalized spacial score (nSPS) is 22.2. The fraction of sp³-hybridized carbons (Fsp3) is 0.714. The molecule has 3 aliphatic rings. The minimum Gasteiger partial charge on any atom is -0.379 e. The van der Waals surface area contributed by atoms with E-state index in [1.807, 2.05) is 15.5 Å². The Morgan fingerprint density at radius 2 is 1.80 bits per heavy atom. The molecule has 0 unspecified atom stereocenters. The largest absolute Gasteiger partial charge is 0.379 e. The summed E-state index contributed by atoms with van der Waals surface area (Å²) in [6, 6.07) is 4.10. The summed E-state index contributed by atoms with van der Waals surface area (Å²) in [6.45, 7) is 7.85. The number of carbonyl (C=O) groups is 1. The molecule has 5 heterocycles. The van der Waals surface area contributed by atoms with Crippen LogP contribution in [-0.4, -0.2) is 94.5 Å². The molecule has 0 aromatic carbocycles. The minimum atomic E-state index is 0.220. The van der Waals surface area contributed by atoms with Crippen LogP contribution in [0.5, 0.6) is 0 Å². The van der Waals surface area contributed by atoms with Crippen molar-refractivity contribution >= 4 is 17.4 Å². The second kappa shape index (κ2) is 8.85. The lowest BCUT2D eigenvalue weighted by Gasteiger charge is -2.32. The molecular weight excluding hydrogens is 382 g/mol. The third-order valence-electron chi connectivity index (χ3n) is 6.66. The second-order valence-corrected chi connectivity index (χ2v) is 8.57. The molecular formula is C21H31N7O2. The van der Waals surface area contributed by atoms with E-state index in [2.05, 4.69) is 26.1 Å². The van der Waals surface area contributed by atoms with Gasteiger partial charge in [0.05, 0.1) is 19.6 Å². The van der Waals surface area contributed by atoms with Crippen LogP contribution >= 0.6 is 0 Å². The molecule has 0 radical (unpaired) electrons. The van der Waals surface area contributed by atoms with Crippen molar-refractivity contribution in [2.24, 2.45) is 0 Å². The Morgan fingerprint density at radius 3 is 2.63 bits per heavy atom. The van der Waals surface area contributed by atoms with E-state index in [-0.39, 0.29) is 5.91 Å². The van der Waals surface area contributed by atoms with E-state index >= 15 is 0 Å². The van der Waals surface area contributed by atoms with Gasteiger partial charge < -0.3 is 19.4 Å². The minimum absolute atomic E-state index is 0.220. The average molecular weight is 414 g/mol. The SMILES string of the molecule is O=C1CCOCCN1CCN1CCC(c2nnc3ccc(N4CCCC4)nn23)CC1. The summed E-state index contributed by atoms with van der Waals surface area (Å²) in [5.41, 5.74) is 0.831. The number of amides is 1. The fourth-order valence-electron chi connectivity index (χ4n) is 4.80. The zero-order chi connectivity index (χ0) is 20.3. The molecule has 9 heteroatoms. The van der Waals surface area contributed by atoms with Crippen molar-refractivity contribution in [2.45, 2.75) is 38.0 Å². The zero-order valence-electron chi connectivity index (χ0n) is 17.6. The van der Waals surface area contributed by atoms with Gasteiger partial charge in [-0.3, -0.25) is 4.79 Å². The molecule has 0 aliphatic carbocycles. The van der Waals surface area contributed by atoms with Gasteiger partial charge in [-0.2, -0.15) is 4.52 Å². The average Bonchev–Trinajstić information content (AvgIpc) is 3.41. The predicted molar refractivity (Wildman–Crippen MR) is 113 cm³/mol. The van der Waals surface area contributed by atoms with Crippen LogP contribution in [0.15, 0.2) is 12.1 Å². The molecule has 0 N–H and O–H groups in total. The van der Waals surface area contributed by atoms with Crippen molar-refractivity contribution in [2.75, 3.05) is 63.9 Å².